The molecule has 4 rings (SSSR count). The first-order valence-electron chi connectivity index (χ1n) is 8.36. The summed E-state index contributed by atoms with van der Waals surface area (Å²) in [5.41, 5.74) is 0.658. The van der Waals surface area contributed by atoms with Gasteiger partial charge in [-0.25, -0.2) is 8.78 Å². The predicted molar refractivity (Wildman–Crippen MR) is 98.5 cm³/mol. The molecule has 0 amide bonds. The van der Waals surface area contributed by atoms with Crippen molar-refractivity contribution in [3.8, 4) is 16.6 Å². The van der Waals surface area contributed by atoms with E-state index < -0.39 is 17.5 Å². The summed E-state index contributed by atoms with van der Waals surface area (Å²) in [5, 5.41) is 18.7. The molecule has 1 fully saturated rings. The molecule has 0 aliphatic heterocycles. The normalized spacial score (nSPS) is 21.3. The van der Waals surface area contributed by atoms with E-state index in [0.717, 1.165) is 5.56 Å². The lowest BCUT2D eigenvalue weighted by Crippen LogP contribution is -2.55. The van der Waals surface area contributed by atoms with E-state index in [4.69, 9.17) is 5.26 Å². The van der Waals surface area contributed by atoms with Crippen LogP contribution in [0.4, 0.5) is 13.9 Å². The Labute approximate surface area is 158 Å². The van der Waals surface area contributed by atoms with Crippen LogP contribution in [0.3, 0.4) is 0 Å². The second kappa shape index (κ2) is 6.67. The van der Waals surface area contributed by atoms with Crippen LogP contribution < -0.4 is 4.90 Å². The Bertz CT molecular complexity index is 1020. The average Bonchev–Trinajstić information content (AvgIpc) is 3.15. The van der Waals surface area contributed by atoms with Gasteiger partial charge in [0.05, 0.1) is 17.2 Å². The molecule has 0 bridgehead atoms. The lowest BCUT2D eigenvalue weighted by Gasteiger charge is -2.49. The summed E-state index contributed by atoms with van der Waals surface area (Å²) < 4.78 is 28.2. The Morgan fingerprint density at radius 1 is 1.26 bits per heavy atom. The van der Waals surface area contributed by atoms with E-state index in [-0.39, 0.29) is 18.5 Å². The third kappa shape index (κ3) is 2.94. The predicted octanol–water partition coefficient (Wildman–Crippen LogP) is 4.07. The second-order valence-electron chi connectivity index (χ2n) is 6.51. The van der Waals surface area contributed by atoms with Crippen LogP contribution in [0.25, 0.3) is 10.6 Å². The molecule has 0 unspecified atom stereocenters. The Hall–Kier alpha value is -2.92. The Balaban J connectivity index is 1.70. The van der Waals surface area contributed by atoms with Gasteiger partial charge in [-0.3, -0.25) is 4.98 Å². The molecule has 27 heavy (non-hydrogen) atoms. The van der Waals surface area contributed by atoms with Crippen LogP contribution in [-0.2, 0) is 5.54 Å². The van der Waals surface area contributed by atoms with Crippen molar-refractivity contribution in [1.29, 1.82) is 5.26 Å². The molecular weight excluding hydrogens is 368 g/mol. The van der Waals surface area contributed by atoms with E-state index in [1.165, 1.54) is 29.7 Å². The van der Waals surface area contributed by atoms with E-state index >= 15 is 0 Å². The van der Waals surface area contributed by atoms with Crippen LogP contribution in [0.15, 0.2) is 42.6 Å². The van der Waals surface area contributed by atoms with Crippen LogP contribution in [-0.4, -0.2) is 28.4 Å². The van der Waals surface area contributed by atoms with Crippen molar-refractivity contribution in [3.05, 3.63) is 59.7 Å². The first-order valence-corrected chi connectivity index (χ1v) is 9.18. The highest BCUT2D eigenvalue weighted by Crippen LogP contribution is 2.49. The van der Waals surface area contributed by atoms with Gasteiger partial charge >= 0.3 is 0 Å². The zero-order valence-corrected chi connectivity index (χ0v) is 15.2. The maximum atomic E-state index is 14.4. The standard InChI is InChI=1S/C19H15F2N5S/c1-26(19(9-14(20)10-19)16-15(21)6-3-7-23-16)18-25-24-17(27-18)13-5-2-4-12(8-13)11-22/h2-8,14H,9-10H2,1H3/t14-,19+. The third-order valence-corrected chi connectivity index (χ3v) is 5.95. The number of hydrogen-bond acceptors (Lipinski definition) is 6. The molecule has 1 aliphatic carbocycles. The maximum Gasteiger partial charge on any atom is 0.209 e. The molecule has 0 spiro atoms. The van der Waals surface area contributed by atoms with Crippen molar-refractivity contribution in [1.82, 2.24) is 15.2 Å². The summed E-state index contributed by atoms with van der Waals surface area (Å²) in [4.78, 5) is 5.95. The molecule has 0 atom stereocenters. The molecule has 136 valence electrons. The molecule has 1 saturated carbocycles. The molecule has 1 aromatic carbocycles. The number of aromatic nitrogens is 3. The van der Waals surface area contributed by atoms with Gasteiger partial charge in [-0.1, -0.05) is 23.5 Å². The zero-order chi connectivity index (χ0) is 19.0. The summed E-state index contributed by atoms with van der Waals surface area (Å²) in [5.74, 6) is -0.456. The Morgan fingerprint density at radius 2 is 2.07 bits per heavy atom. The van der Waals surface area contributed by atoms with E-state index in [1.54, 1.807) is 30.1 Å². The van der Waals surface area contributed by atoms with Crippen LogP contribution in [0.1, 0.15) is 24.1 Å². The number of rotatable bonds is 4. The summed E-state index contributed by atoms with van der Waals surface area (Å²) >= 11 is 1.31. The van der Waals surface area contributed by atoms with Gasteiger partial charge in [-0.15, -0.1) is 10.2 Å². The van der Waals surface area contributed by atoms with Gasteiger partial charge in [-0.2, -0.15) is 5.26 Å². The maximum absolute atomic E-state index is 14.4. The van der Waals surface area contributed by atoms with Gasteiger partial charge in [0.25, 0.3) is 0 Å². The third-order valence-electron chi connectivity index (χ3n) is 4.90. The molecule has 8 heteroatoms. The minimum Gasteiger partial charge on any atom is -0.338 e. The van der Waals surface area contributed by atoms with Crippen molar-refractivity contribution in [2.75, 3.05) is 11.9 Å². The SMILES string of the molecule is CN(c1nnc(-c2cccc(C#N)c2)s1)[C@]1(c2ncccc2F)C[C@H](F)C1. The smallest absolute Gasteiger partial charge is 0.209 e. The molecule has 2 aromatic heterocycles. The number of pyridine rings is 1. The van der Waals surface area contributed by atoms with Gasteiger partial charge < -0.3 is 4.90 Å². The number of benzene rings is 1. The van der Waals surface area contributed by atoms with Crippen molar-refractivity contribution >= 4 is 16.5 Å². The molecular formula is C19H15F2N5S. The van der Waals surface area contributed by atoms with E-state index in [2.05, 4.69) is 21.3 Å². The average molecular weight is 383 g/mol. The number of anilines is 1. The van der Waals surface area contributed by atoms with E-state index in [1.807, 2.05) is 6.07 Å². The molecule has 3 aromatic rings. The molecule has 0 N–H and O–H groups in total. The van der Waals surface area contributed by atoms with Crippen molar-refractivity contribution in [2.24, 2.45) is 0 Å². The topological polar surface area (TPSA) is 65.7 Å². The molecule has 0 radical (unpaired) electrons. The monoisotopic (exact) mass is 383 g/mol. The fraction of sp³-hybridized carbons (Fsp3) is 0.263. The highest BCUT2D eigenvalue weighted by molar-refractivity contribution is 7.18. The van der Waals surface area contributed by atoms with Crippen molar-refractivity contribution in [2.45, 2.75) is 24.6 Å². The van der Waals surface area contributed by atoms with Gasteiger partial charge in [-0.05, 0) is 24.3 Å². The summed E-state index contributed by atoms with van der Waals surface area (Å²) in [6.45, 7) is 0. The number of halogens is 2. The quantitative estimate of drug-likeness (QED) is 0.679. The van der Waals surface area contributed by atoms with Gasteiger partial charge in [0.15, 0.2) is 0 Å². The molecule has 1 aliphatic rings. The molecule has 2 heterocycles. The van der Waals surface area contributed by atoms with E-state index in [0.29, 0.717) is 15.7 Å². The van der Waals surface area contributed by atoms with Crippen LogP contribution in [0.2, 0.25) is 0 Å². The second-order valence-corrected chi connectivity index (χ2v) is 7.47. The Kier molecular flexibility index (Phi) is 4.32. The van der Waals surface area contributed by atoms with Crippen molar-refractivity contribution in [3.63, 3.8) is 0 Å². The van der Waals surface area contributed by atoms with Crippen LogP contribution in [0.5, 0.6) is 0 Å². The number of nitrogens with zero attached hydrogens (tertiary/aromatic N) is 5. The lowest BCUT2D eigenvalue weighted by molar-refractivity contribution is 0.0870. The summed E-state index contributed by atoms with van der Waals surface area (Å²) in [7, 11) is 1.76. The highest BCUT2D eigenvalue weighted by Gasteiger charge is 2.52. The number of nitriles is 1. The van der Waals surface area contributed by atoms with Gasteiger partial charge in [0.1, 0.15) is 22.7 Å². The highest BCUT2D eigenvalue weighted by atomic mass is 32.1. The van der Waals surface area contributed by atoms with Gasteiger partial charge in [0.2, 0.25) is 5.13 Å². The van der Waals surface area contributed by atoms with Crippen LogP contribution >= 0.6 is 11.3 Å². The number of alkyl halides is 1. The van der Waals surface area contributed by atoms with Gasteiger partial charge in [0, 0.05) is 31.6 Å². The summed E-state index contributed by atoms with van der Waals surface area (Å²) in [6.07, 6.45) is 0.805. The Morgan fingerprint density at radius 3 is 2.78 bits per heavy atom. The minimum atomic E-state index is -1.01. The minimum absolute atomic E-state index is 0.149. The number of hydrogen-bond donors (Lipinski definition) is 0. The zero-order valence-electron chi connectivity index (χ0n) is 14.4. The first kappa shape index (κ1) is 17.5. The molecule has 0 saturated heterocycles. The lowest BCUT2D eigenvalue weighted by atomic mass is 9.71. The fourth-order valence-electron chi connectivity index (χ4n) is 3.40. The fourth-order valence-corrected chi connectivity index (χ4v) is 4.29. The first-order chi connectivity index (χ1) is 13.0. The summed E-state index contributed by atoms with van der Waals surface area (Å²) in [6, 6.07) is 12.0. The largest absolute Gasteiger partial charge is 0.338 e. The van der Waals surface area contributed by atoms with Crippen LogP contribution in [0, 0.1) is 17.1 Å². The van der Waals surface area contributed by atoms with Crippen molar-refractivity contribution < 1.29 is 8.78 Å². The van der Waals surface area contributed by atoms with E-state index in [9.17, 15) is 8.78 Å². The molecule has 5 nitrogen and oxygen atoms in total.